The van der Waals surface area contributed by atoms with Crippen LogP contribution in [0.3, 0.4) is 0 Å². The number of hydrogen-bond acceptors (Lipinski definition) is 6. The van der Waals surface area contributed by atoms with Gasteiger partial charge in [-0.05, 0) is 50.0 Å². The number of pyridine rings is 1. The van der Waals surface area contributed by atoms with Crippen LogP contribution < -0.4 is 10.5 Å². The maximum atomic E-state index is 11.6. The summed E-state index contributed by atoms with van der Waals surface area (Å²) in [7, 11) is 1.80. The highest BCUT2D eigenvalue weighted by molar-refractivity contribution is 5.47. The molecular weight excluding hydrogens is 354 g/mol. The van der Waals surface area contributed by atoms with Crippen LogP contribution in [0.5, 0.6) is 0 Å². The molecule has 8 heteroatoms. The molecule has 0 atom stereocenters. The number of rotatable bonds is 4. The predicted molar refractivity (Wildman–Crippen MR) is 107 cm³/mol. The molecule has 0 bridgehead atoms. The smallest absolute Gasteiger partial charge is 0.250 e. The zero-order chi connectivity index (χ0) is 19.1. The molecule has 3 aromatic rings. The monoisotopic (exact) mass is 379 g/mol. The quantitative estimate of drug-likeness (QED) is 0.683. The van der Waals surface area contributed by atoms with Gasteiger partial charge in [0.15, 0.2) is 11.5 Å². The standard InChI is InChI=1S/C20H25N7O/c1-24-13-15(3-6-19(24)28)14-25-11-7-16(8-12-25)20-22-21-17-4-5-18(23-27(17)20)26-9-2-10-26/h3-6,13,16H,2,7-12,14H2,1H3. The van der Waals surface area contributed by atoms with Gasteiger partial charge in [0.2, 0.25) is 5.56 Å². The molecule has 0 amide bonds. The molecule has 2 fully saturated rings. The van der Waals surface area contributed by atoms with Crippen LogP contribution in [0.1, 0.15) is 36.6 Å². The highest BCUT2D eigenvalue weighted by Gasteiger charge is 2.26. The van der Waals surface area contributed by atoms with E-state index in [4.69, 9.17) is 5.10 Å². The minimum Gasteiger partial charge on any atom is -0.355 e. The molecule has 2 aliphatic heterocycles. The van der Waals surface area contributed by atoms with E-state index in [-0.39, 0.29) is 5.56 Å². The lowest BCUT2D eigenvalue weighted by atomic mass is 9.96. The Morgan fingerprint density at radius 3 is 2.57 bits per heavy atom. The van der Waals surface area contributed by atoms with Gasteiger partial charge in [-0.1, -0.05) is 6.07 Å². The van der Waals surface area contributed by atoms with Crippen molar-refractivity contribution in [3.8, 4) is 0 Å². The molecule has 2 saturated heterocycles. The number of fused-ring (bicyclic) bond motifs is 1. The van der Waals surface area contributed by atoms with E-state index >= 15 is 0 Å². The van der Waals surface area contributed by atoms with Gasteiger partial charge in [-0.25, -0.2) is 0 Å². The molecule has 28 heavy (non-hydrogen) atoms. The number of likely N-dealkylation sites (tertiary alicyclic amines) is 1. The predicted octanol–water partition coefficient (Wildman–Crippen LogP) is 1.41. The van der Waals surface area contributed by atoms with Gasteiger partial charge in [-0.3, -0.25) is 9.69 Å². The number of aryl methyl sites for hydroxylation is 1. The van der Waals surface area contributed by atoms with Gasteiger partial charge in [0.25, 0.3) is 0 Å². The van der Waals surface area contributed by atoms with Crippen molar-refractivity contribution in [3.63, 3.8) is 0 Å². The number of hydrogen-bond donors (Lipinski definition) is 0. The molecule has 5 heterocycles. The van der Waals surface area contributed by atoms with Crippen LogP contribution in [-0.2, 0) is 13.6 Å². The van der Waals surface area contributed by atoms with Gasteiger partial charge in [-0.2, -0.15) is 4.52 Å². The highest BCUT2D eigenvalue weighted by Crippen LogP contribution is 2.28. The Morgan fingerprint density at radius 1 is 1.04 bits per heavy atom. The zero-order valence-electron chi connectivity index (χ0n) is 16.2. The average molecular weight is 379 g/mol. The summed E-state index contributed by atoms with van der Waals surface area (Å²) < 4.78 is 3.59. The third kappa shape index (κ3) is 3.17. The molecule has 8 nitrogen and oxygen atoms in total. The maximum absolute atomic E-state index is 11.6. The van der Waals surface area contributed by atoms with Crippen molar-refractivity contribution in [1.82, 2.24) is 29.3 Å². The lowest BCUT2D eigenvalue weighted by Crippen LogP contribution is -2.38. The van der Waals surface area contributed by atoms with Gasteiger partial charge in [-0.15, -0.1) is 15.3 Å². The number of piperidine rings is 1. The van der Waals surface area contributed by atoms with Crippen LogP contribution in [0.2, 0.25) is 0 Å². The molecule has 146 valence electrons. The molecule has 5 rings (SSSR count). The van der Waals surface area contributed by atoms with Gasteiger partial charge in [0, 0.05) is 44.9 Å². The summed E-state index contributed by atoms with van der Waals surface area (Å²) >= 11 is 0. The molecule has 0 radical (unpaired) electrons. The normalized spacial score (nSPS) is 18.5. The lowest BCUT2D eigenvalue weighted by molar-refractivity contribution is 0.200. The third-order valence-electron chi connectivity index (χ3n) is 5.96. The fraction of sp³-hybridized carbons (Fsp3) is 0.500. The Labute approximate surface area is 163 Å². The van der Waals surface area contributed by atoms with Crippen molar-refractivity contribution in [2.45, 2.75) is 31.7 Å². The van der Waals surface area contributed by atoms with E-state index in [1.807, 2.05) is 28.9 Å². The number of anilines is 1. The molecule has 0 unspecified atom stereocenters. The first-order valence-corrected chi connectivity index (χ1v) is 10.0. The summed E-state index contributed by atoms with van der Waals surface area (Å²) in [5, 5.41) is 13.6. The SMILES string of the molecule is Cn1cc(CN2CCC(c3nnc4ccc(N5CCC5)nn34)CC2)ccc1=O. The fourth-order valence-electron chi connectivity index (χ4n) is 4.12. The first-order chi connectivity index (χ1) is 13.7. The van der Waals surface area contributed by atoms with Crippen LogP contribution in [0, 0.1) is 0 Å². The van der Waals surface area contributed by atoms with Crippen LogP contribution in [0.4, 0.5) is 5.82 Å². The van der Waals surface area contributed by atoms with Crippen LogP contribution in [-0.4, -0.2) is 55.5 Å². The van der Waals surface area contributed by atoms with Gasteiger partial charge in [0.05, 0.1) is 0 Å². The zero-order valence-corrected chi connectivity index (χ0v) is 16.2. The van der Waals surface area contributed by atoms with Crippen molar-refractivity contribution in [3.05, 3.63) is 52.2 Å². The summed E-state index contributed by atoms with van der Waals surface area (Å²) in [6.07, 6.45) is 5.26. The van der Waals surface area contributed by atoms with Crippen LogP contribution >= 0.6 is 0 Å². The van der Waals surface area contributed by atoms with Gasteiger partial charge < -0.3 is 9.47 Å². The second kappa shape index (κ2) is 7.01. The van der Waals surface area contributed by atoms with E-state index in [9.17, 15) is 4.79 Å². The molecule has 0 saturated carbocycles. The summed E-state index contributed by atoms with van der Waals surface area (Å²) in [5.74, 6) is 2.39. The first kappa shape index (κ1) is 17.4. The van der Waals surface area contributed by atoms with E-state index in [2.05, 4.69) is 20.0 Å². The Balaban J connectivity index is 1.28. The average Bonchev–Trinajstić information content (AvgIpc) is 3.07. The van der Waals surface area contributed by atoms with Crippen molar-refractivity contribution in [2.24, 2.45) is 7.05 Å². The Morgan fingerprint density at radius 2 is 1.86 bits per heavy atom. The van der Waals surface area contributed by atoms with Gasteiger partial charge in [0.1, 0.15) is 5.82 Å². The van der Waals surface area contributed by atoms with E-state index < -0.39 is 0 Å². The highest BCUT2D eigenvalue weighted by atomic mass is 16.1. The second-order valence-electron chi connectivity index (χ2n) is 7.90. The Bertz CT molecular complexity index is 1040. The largest absolute Gasteiger partial charge is 0.355 e. The van der Waals surface area contributed by atoms with Crippen molar-refractivity contribution in [2.75, 3.05) is 31.1 Å². The summed E-state index contributed by atoms with van der Waals surface area (Å²) in [5.41, 5.74) is 2.03. The molecule has 0 spiro atoms. The van der Waals surface area contributed by atoms with E-state index in [0.717, 1.165) is 62.9 Å². The molecule has 2 aliphatic rings. The Kier molecular flexibility index (Phi) is 4.35. The van der Waals surface area contributed by atoms with Crippen molar-refractivity contribution in [1.29, 1.82) is 0 Å². The van der Waals surface area contributed by atoms with E-state index in [0.29, 0.717) is 5.92 Å². The summed E-state index contributed by atoms with van der Waals surface area (Å²) in [6, 6.07) is 7.64. The second-order valence-corrected chi connectivity index (χ2v) is 7.90. The molecule has 0 aromatic carbocycles. The van der Waals surface area contributed by atoms with E-state index in [1.165, 1.54) is 12.0 Å². The van der Waals surface area contributed by atoms with Crippen LogP contribution in [0.25, 0.3) is 5.65 Å². The van der Waals surface area contributed by atoms with Crippen molar-refractivity contribution < 1.29 is 0 Å². The maximum Gasteiger partial charge on any atom is 0.250 e. The lowest BCUT2D eigenvalue weighted by Gasteiger charge is -2.32. The molecule has 3 aromatic heterocycles. The number of nitrogens with zero attached hydrogens (tertiary/aromatic N) is 7. The van der Waals surface area contributed by atoms with E-state index in [1.54, 1.807) is 17.7 Å². The van der Waals surface area contributed by atoms with Crippen LogP contribution in [0.15, 0.2) is 35.3 Å². The summed E-state index contributed by atoms with van der Waals surface area (Å²) in [4.78, 5) is 16.3. The fourth-order valence-corrected chi connectivity index (χ4v) is 4.12. The minimum absolute atomic E-state index is 0.0336. The summed E-state index contributed by atoms with van der Waals surface area (Å²) in [6.45, 7) is 5.06. The van der Waals surface area contributed by atoms with Gasteiger partial charge >= 0.3 is 0 Å². The molecule has 0 N–H and O–H groups in total. The third-order valence-corrected chi connectivity index (χ3v) is 5.96. The molecule has 0 aliphatic carbocycles. The van der Waals surface area contributed by atoms with Crippen molar-refractivity contribution >= 4 is 11.5 Å². The number of aromatic nitrogens is 5. The minimum atomic E-state index is 0.0336. The topological polar surface area (TPSA) is 71.6 Å². The first-order valence-electron chi connectivity index (χ1n) is 10.0. The molecular formula is C20H25N7O. The Hall–Kier alpha value is -2.74.